The minimum Gasteiger partial charge on any atom is -0.248 e. The molecule has 0 amide bonds. The zero-order valence-electron chi connectivity index (χ0n) is 10.6. The van der Waals surface area contributed by atoms with Crippen molar-refractivity contribution in [2.75, 3.05) is 0 Å². The molecule has 2 rings (SSSR count). The molecule has 0 saturated heterocycles. The lowest BCUT2D eigenvalue weighted by molar-refractivity contribution is -0.137. The van der Waals surface area contributed by atoms with Gasteiger partial charge < -0.3 is 0 Å². The molecule has 0 unspecified atom stereocenters. The van der Waals surface area contributed by atoms with Crippen LogP contribution in [0.1, 0.15) is 36.6 Å². The summed E-state index contributed by atoms with van der Waals surface area (Å²) in [5.41, 5.74) is 0.733. The molecular formula is C13H14F3N3. The molecule has 0 spiro atoms. The summed E-state index contributed by atoms with van der Waals surface area (Å²) in [7, 11) is 0. The Bertz CT molecular complexity index is 558. The molecule has 1 heterocycles. The molecular weight excluding hydrogens is 255 g/mol. The second-order valence-corrected chi connectivity index (χ2v) is 4.69. The molecule has 1 aromatic heterocycles. The second kappa shape index (κ2) is 5.03. The first-order valence-corrected chi connectivity index (χ1v) is 5.92. The summed E-state index contributed by atoms with van der Waals surface area (Å²) < 4.78 is 39.3. The summed E-state index contributed by atoms with van der Waals surface area (Å²) in [6.07, 6.45) is -2.56. The van der Waals surface area contributed by atoms with Crippen LogP contribution in [0.3, 0.4) is 0 Å². The first-order valence-electron chi connectivity index (χ1n) is 5.92. The minimum absolute atomic E-state index is 0.246. The van der Waals surface area contributed by atoms with Crippen LogP contribution < -0.4 is 0 Å². The van der Waals surface area contributed by atoms with Crippen molar-refractivity contribution in [2.24, 2.45) is 0 Å². The van der Waals surface area contributed by atoms with Gasteiger partial charge in [0.2, 0.25) is 0 Å². The molecule has 3 nitrogen and oxygen atoms in total. The maximum atomic E-state index is 12.6. The van der Waals surface area contributed by atoms with E-state index in [-0.39, 0.29) is 12.5 Å². The summed E-state index contributed by atoms with van der Waals surface area (Å²) in [4.78, 5) is 0. The van der Waals surface area contributed by atoms with E-state index in [4.69, 9.17) is 0 Å². The Kier molecular flexibility index (Phi) is 3.59. The van der Waals surface area contributed by atoms with Crippen LogP contribution in [0.25, 0.3) is 0 Å². The standard InChI is InChI=1S/C13H14F3N3/c1-9(2)12-8-19(18-17-12)7-10-4-3-5-11(6-10)13(14,15)16/h3-6,8-9H,7H2,1-2H3. The van der Waals surface area contributed by atoms with Crippen LogP contribution >= 0.6 is 0 Å². The van der Waals surface area contributed by atoms with Crippen LogP contribution in [0.2, 0.25) is 0 Å². The van der Waals surface area contributed by atoms with Gasteiger partial charge >= 0.3 is 6.18 Å². The van der Waals surface area contributed by atoms with Crippen LogP contribution in [0.15, 0.2) is 30.5 Å². The molecule has 0 bridgehead atoms. The highest BCUT2D eigenvalue weighted by atomic mass is 19.4. The maximum absolute atomic E-state index is 12.6. The van der Waals surface area contributed by atoms with Crippen LogP contribution in [0, 0.1) is 0 Å². The Morgan fingerprint density at radius 2 is 2.00 bits per heavy atom. The predicted molar refractivity (Wildman–Crippen MR) is 64.7 cm³/mol. The fraction of sp³-hybridized carbons (Fsp3) is 0.385. The highest BCUT2D eigenvalue weighted by molar-refractivity contribution is 5.25. The van der Waals surface area contributed by atoms with E-state index in [1.165, 1.54) is 6.07 Å². The number of hydrogen-bond donors (Lipinski definition) is 0. The zero-order valence-corrected chi connectivity index (χ0v) is 10.6. The Morgan fingerprint density at radius 1 is 1.26 bits per heavy atom. The highest BCUT2D eigenvalue weighted by Gasteiger charge is 2.30. The van der Waals surface area contributed by atoms with Gasteiger partial charge in [0.15, 0.2) is 0 Å². The molecule has 19 heavy (non-hydrogen) atoms. The number of halogens is 3. The van der Waals surface area contributed by atoms with Crippen molar-refractivity contribution >= 4 is 0 Å². The molecule has 6 heteroatoms. The summed E-state index contributed by atoms with van der Waals surface area (Å²) in [6, 6.07) is 5.24. The molecule has 0 radical (unpaired) electrons. The molecule has 0 aliphatic carbocycles. The monoisotopic (exact) mass is 269 g/mol. The molecule has 102 valence electrons. The van der Waals surface area contributed by atoms with Crippen molar-refractivity contribution in [1.29, 1.82) is 0 Å². The quantitative estimate of drug-likeness (QED) is 0.854. The van der Waals surface area contributed by atoms with Crippen molar-refractivity contribution < 1.29 is 13.2 Å². The van der Waals surface area contributed by atoms with Gasteiger partial charge in [-0.1, -0.05) is 31.2 Å². The number of aromatic nitrogens is 3. The molecule has 2 aromatic rings. The van der Waals surface area contributed by atoms with E-state index in [1.807, 2.05) is 13.8 Å². The summed E-state index contributed by atoms with van der Waals surface area (Å²) in [5.74, 6) is 0.246. The second-order valence-electron chi connectivity index (χ2n) is 4.69. The van der Waals surface area contributed by atoms with Crippen molar-refractivity contribution in [2.45, 2.75) is 32.5 Å². The van der Waals surface area contributed by atoms with Crippen molar-refractivity contribution in [3.63, 3.8) is 0 Å². The number of rotatable bonds is 3. The van der Waals surface area contributed by atoms with Crippen LogP contribution in [0.4, 0.5) is 13.2 Å². The van der Waals surface area contributed by atoms with Crippen molar-refractivity contribution in [1.82, 2.24) is 15.0 Å². The average molecular weight is 269 g/mol. The van der Waals surface area contributed by atoms with Gasteiger partial charge in [-0.05, 0) is 23.6 Å². The smallest absolute Gasteiger partial charge is 0.248 e. The van der Waals surface area contributed by atoms with Gasteiger partial charge in [0.05, 0.1) is 17.8 Å². The fourth-order valence-electron chi connectivity index (χ4n) is 1.69. The topological polar surface area (TPSA) is 30.7 Å². The molecule has 0 saturated carbocycles. The molecule has 0 fully saturated rings. The number of hydrogen-bond acceptors (Lipinski definition) is 2. The average Bonchev–Trinajstić information content (AvgIpc) is 2.77. The normalized spacial score (nSPS) is 12.1. The van der Waals surface area contributed by atoms with Crippen LogP contribution in [-0.4, -0.2) is 15.0 Å². The summed E-state index contributed by atoms with van der Waals surface area (Å²) >= 11 is 0. The summed E-state index contributed by atoms with van der Waals surface area (Å²) in [5, 5.41) is 7.88. The highest BCUT2D eigenvalue weighted by Crippen LogP contribution is 2.29. The molecule has 1 aromatic carbocycles. The third-order valence-electron chi connectivity index (χ3n) is 2.75. The molecule has 0 N–H and O–H groups in total. The Balaban J connectivity index is 2.19. The summed E-state index contributed by atoms with van der Waals surface area (Å²) in [6.45, 7) is 4.25. The van der Waals surface area contributed by atoms with Gasteiger partial charge in [0, 0.05) is 6.20 Å². The number of alkyl halides is 3. The van der Waals surface area contributed by atoms with E-state index in [1.54, 1.807) is 16.9 Å². The van der Waals surface area contributed by atoms with E-state index in [9.17, 15) is 13.2 Å². The first-order chi connectivity index (χ1) is 8.86. The van der Waals surface area contributed by atoms with E-state index in [2.05, 4.69) is 10.3 Å². The third kappa shape index (κ3) is 3.33. The third-order valence-corrected chi connectivity index (χ3v) is 2.75. The van der Waals surface area contributed by atoms with Gasteiger partial charge in [-0.15, -0.1) is 5.10 Å². The SMILES string of the molecule is CC(C)c1cn(Cc2cccc(C(F)(F)F)c2)nn1. The largest absolute Gasteiger partial charge is 0.416 e. The Labute approximate surface area is 109 Å². The van der Waals surface area contributed by atoms with E-state index < -0.39 is 11.7 Å². The predicted octanol–water partition coefficient (Wildman–Crippen LogP) is 3.47. The van der Waals surface area contributed by atoms with Gasteiger partial charge in [-0.2, -0.15) is 13.2 Å². The number of benzene rings is 1. The van der Waals surface area contributed by atoms with E-state index in [0.717, 1.165) is 17.8 Å². The van der Waals surface area contributed by atoms with Gasteiger partial charge in [-0.3, -0.25) is 0 Å². The van der Waals surface area contributed by atoms with Crippen molar-refractivity contribution in [3.05, 3.63) is 47.3 Å². The molecule has 0 aliphatic heterocycles. The van der Waals surface area contributed by atoms with Crippen LogP contribution in [0.5, 0.6) is 0 Å². The van der Waals surface area contributed by atoms with Gasteiger partial charge in [0.25, 0.3) is 0 Å². The lowest BCUT2D eigenvalue weighted by atomic mass is 10.1. The van der Waals surface area contributed by atoms with Crippen LogP contribution in [-0.2, 0) is 12.7 Å². The lowest BCUT2D eigenvalue weighted by Crippen LogP contribution is -2.07. The Hall–Kier alpha value is -1.85. The van der Waals surface area contributed by atoms with E-state index in [0.29, 0.717) is 5.56 Å². The van der Waals surface area contributed by atoms with Gasteiger partial charge in [0.1, 0.15) is 0 Å². The number of nitrogens with zero attached hydrogens (tertiary/aromatic N) is 3. The van der Waals surface area contributed by atoms with Gasteiger partial charge in [-0.25, -0.2) is 4.68 Å². The fourth-order valence-corrected chi connectivity index (χ4v) is 1.69. The van der Waals surface area contributed by atoms with Crippen molar-refractivity contribution in [3.8, 4) is 0 Å². The molecule has 0 aliphatic rings. The zero-order chi connectivity index (χ0) is 14.0. The molecule has 0 atom stereocenters. The first kappa shape index (κ1) is 13.6. The lowest BCUT2D eigenvalue weighted by Gasteiger charge is -2.08. The minimum atomic E-state index is -4.32. The van der Waals surface area contributed by atoms with E-state index >= 15 is 0 Å². The maximum Gasteiger partial charge on any atom is 0.416 e. The Morgan fingerprint density at radius 3 is 2.58 bits per heavy atom.